The standard InChI is InChI=1S/C13H19NO4/c1-13(2,17-3)7-8-18-10-6-4-5-9(11(10)14)12(15)16/h4-6H,7-8,14H2,1-3H3,(H,15,16). The van der Waals surface area contributed by atoms with Gasteiger partial charge >= 0.3 is 5.97 Å². The summed E-state index contributed by atoms with van der Waals surface area (Å²) in [6.45, 7) is 4.31. The Morgan fingerprint density at radius 1 is 1.44 bits per heavy atom. The van der Waals surface area contributed by atoms with E-state index in [2.05, 4.69) is 0 Å². The number of hydrogen-bond donors (Lipinski definition) is 2. The minimum atomic E-state index is -1.06. The summed E-state index contributed by atoms with van der Waals surface area (Å²) >= 11 is 0. The third-order valence-corrected chi connectivity index (χ3v) is 2.81. The zero-order chi connectivity index (χ0) is 13.8. The first-order valence-corrected chi connectivity index (χ1v) is 5.67. The predicted octanol–water partition coefficient (Wildman–Crippen LogP) is 2.16. The van der Waals surface area contributed by atoms with Crippen LogP contribution in [0.25, 0.3) is 0 Å². The number of nitrogens with two attached hydrogens (primary N) is 1. The van der Waals surface area contributed by atoms with E-state index in [0.29, 0.717) is 18.8 Å². The Labute approximate surface area is 107 Å². The van der Waals surface area contributed by atoms with Crippen molar-refractivity contribution in [2.75, 3.05) is 19.5 Å². The van der Waals surface area contributed by atoms with Crippen LogP contribution in [0, 0.1) is 0 Å². The number of carboxylic acid groups (broad SMARTS) is 1. The highest BCUT2D eigenvalue weighted by atomic mass is 16.5. The highest BCUT2D eigenvalue weighted by molar-refractivity contribution is 5.95. The molecule has 0 aliphatic carbocycles. The first-order valence-electron chi connectivity index (χ1n) is 5.67. The first-order chi connectivity index (χ1) is 8.37. The van der Waals surface area contributed by atoms with Gasteiger partial charge < -0.3 is 20.3 Å². The van der Waals surface area contributed by atoms with Gasteiger partial charge in [0.1, 0.15) is 5.75 Å². The van der Waals surface area contributed by atoms with E-state index in [1.165, 1.54) is 6.07 Å². The lowest BCUT2D eigenvalue weighted by atomic mass is 10.1. The highest BCUT2D eigenvalue weighted by Gasteiger charge is 2.17. The lowest BCUT2D eigenvalue weighted by molar-refractivity contribution is 0.00549. The van der Waals surface area contributed by atoms with E-state index in [0.717, 1.165) is 0 Å². The molecule has 1 rings (SSSR count). The molecule has 18 heavy (non-hydrogen) atoms. The Hall–Kier alpha value is -1.75. The van der Waals surface area contributed by atoms with Gasteiger partial charge in [-0.05, 0) is 26.0 Å². The monoisotopic (exact) mass is 253 g/mol. The van der Waals surface area contributed by atoms with Crippen LogP contribution in [-0.4, -0.2) is 30.4 Å². The molecule has 0 amide bonds. The molecule has 0 saturated carbocycles. The third-order valence-electron chi connectivity index (χ3n) is 2.81. The van der Waals surface area contributed by atoms with Crippen LogP contribution in [0.4, 0.5) is 5.69 Å². The van der Waals surface area contributed by atoms with Crippen LogP contribution in [0.1, 0.15) is 30.6 Å². The Morgan fingerprint density at radius 2 is 2.11 bits per heavy atom. The van der Waals surface area contributed by atoms with Gasteiger partial charge in [-0.25, -0.2) is 4.79 Å². The number of carboxylic acids is 1. The molecule has 0 fully saturated rings. The van der Waals surface area contributed by atoms with Crippen LogP contribution >= 0.6 is 0 Å². The number of aromatic carboxylic acids is 1. The fourth-order valence-electron chi connectivity index (χ4n) is 1.37. The maximum Gasteiger partial charge on any atom is 0.337 e. The number of methoxy groups -OCH3 is 1. The summed E-state index contributed by atoms with van der Waals surface area (Å²) in [5, 5.41) is 8.93. The van der Waals surface area contributed by atoms with E-state index in [9.17, 15) is 4.79 Å². The molecule has 0 spiro atoms. The third kappa shape index (κ3) is 3.63. The number of anilines is 1. The molecule has 0 aliphatic heterocycles. The summed E-state index contributed by atoms with van der Waals surface area (Å²) in [6, 6.07) is 4.71. The molecule has 5 heteroatoms. The first kappa shape index (κ1) is 14.3. The van der Waals surface area contributed by atoms with E-state index >= 15 is 0 Å². The molecule has 100 valence electrons. The summed E-state index contributed by atoms with van der Waals surface area (Å²) in [6.07, 6.45) is 0.681. The Kier molecular flexibility index (Phi) is 4.55. The zero-order valence-electron chi connectivity index (χ0n) is 10.9. The zero-order valence-corrected chi connectivity index (χ0v) is 10.9. The number of benzene rings is 1. The molecule has 0 aromatic heterocycles. The lowest BCUT2D eigenvalue weighted by Gasteiger charge is -2.22. The van der Waals surface area contributed by atoms with Crippen molar-refractivity contribution in [2.45, 2.75) is 25.9 Å². The van der Waals surface area contributed by atoms with E-state index in [1.807, 2.05) is 13.8 Å². The van der Waals surface area contributed by atoms with Gasteiger partial charge in [-0.3, -0.25) is 0 Å². The van der Waals surface area contributed by atoms with Crippen LogP contribution in [0.15, 0.2) is 18.2 Å². The quantitative estimate of drug-likeness (QED) is 0.759. The van der Waals surface area contributed by atoms with Gasteiger partial charge in [-0.1, -0.05) is 6.07 Å². The molecule has 1 aromatic carbocycles. The van der Waals surface area contributed by atoms with Crippen LogP contribution in [-0.2, 0) is 4.74 Å². The molecule has 0 radical (unpaired) electrons. The van der Waals surface area contributed by atoms with Crippen molar-refractivity contribution in [3.05, 3.63) is 23.8 Å². The van der Waals surface area contributed by atoms with Gasteiger partial charge in [0.25, 0.3) is 0 Å². The number of hydrogen-bond acceptors (Lipinski definition) is 4. The fourth-order valence-corrected chi connectivity index (χ4v) is 1.37. The lowest BCUT2D eigenvalue weighted by Crippen LogP contribution is -2.25. The number of ether oxygens (including phenoxy) is 2. The molecule has 0 atom stereocenters. The molecule has 3 N–H and O–H groups in total. The summed E-state index contributed by atoms with van der Waals surface area (Å²) < 4.78 is 10.8. The van der Waals surface area contributed by atoms with Gasteiger partial charge in [0.15, 0.2) is 0 Å². The van der Waals surface area contributed by atoms with E-state index in [1.54, 1.807) is 19.2 Å². The largest absolute Gasteiger partial charge is 0.491 e. The second-order valence-electron chi connectivity index (χ2n) is 4.58. The van der Waals surface area contributed by atoms with Gasteiger partial charge in [0.05, 0.1) is 23.5 Å². The SMILES string of the molecule is COC(C)(C)CCOc1cccc(C(=O)O)c1N. The van der Waals surface area contributed by atoms with E-state index < -0.39 is 5.97 Å². The number of nitrogen functional groups attached to an aromatic ring is 1. The average molecular weight is 253 g/mol. The van der Waals surface area contributed by atoms with Crippen LogP contribution < -0.4 is 10.5 Å². The van der Waals surface area contributed by atoms with Crippen molar-refractivity contribution in [3.8, 4) is 5.75 Å². The van der Waals surface area contributed by atoms with Crippen molar-refractivity contribution in [2.24, 2.45) is 0 Å². The average Bonchev–Trinajstić information content (AvgIpc) is 2.31. The summed E-state index contributed by atoms with van der Waals surface area (Å²) in [5.41, 5.74) is 5.66. The second kappa shape index (κ2) is 5.73. The molecular weight excluding hydrogens is 234 g/mol. The minimum Gasteiger partial charge on any atom is -0.491 e. The Bertz CT molecular complexity index is 429. The number of rotatable bonds is 6. The van der Waals surface area contributed by atoms with Crippen LogP contribution in [0.3, 0.4) is 0 Å². The van der Waals surface area contributed by atoms with Gasteiger partial charge in [0.2, 0.25) is 0 Å². The second-order valence-corrected chi connectivity index (χ2v) is 4.58. The summed E-state index contributed by atoms with van der Waals surface area (Å²) in [5.74, 6) is -0.669. The van der Waals surface area contributed by atoms with Crippen molar-refractivity contribution >= 4 is 11.7 Å². The van der Waals surface area contributed by atoms with E-state index in [-0.39, 0.29) is 16.9 Å². The Morgan fingerprint density at radius 3 is 2.67 bits per heavy atom. The maximum absolute atomic E-state index is 10.9. The summed E-state index contributed by atoms with van der Waals surface area (Å²) in [7, 11) is 1.64. The van der Waals surface area contributed by atoms with Crippen molar-refractivity contribution in [1.29, 1.82) is 0 Å². The number of carbonyl (C=O) groups is 1. The normalized spacial score (nSPS) is 11.3. The highest BCUT2D eigenvalue weighted by Crippen LogP contribution is 2.26. The molecule has 0 saturated heterocycles. The van der Waals surface area contributed by atoms with E-state index in [4.69, 9.17) is 20.3 Å². The minimum absolute atomic E-state index is 0.0542. The molecule has 1 aromatic rings. The maximum atomic E-state index is 10.9. The fraction of sp³-hybridized carbons (Fsp3) is 0.462. The molecule has 0 heterocycles. The molecule has 5 nitrogen and oxygen atoms in total. The number of para-hydroxylation sites is 1. The Balaban J connectivity index is 2.69. The predicted molar refractivity (Wildman–Crippen MR) is 69.0 cm³/mol. The molecule has 0 aliphatic rings. The van der Waals surface area contributed by atoms with Crippen LogP contribution in [0.2, 0.25) is 0 Å². The van der Waals surface area contributed by atoms with Gasteiger partial charge in [0, 0.05) is 13.5 Å². The van der Waals surface area contributed by atoms with Crippen molar-refractivity contribution in [1.82, 2.24) is 0 Å². The summed E-state index contributed by atoms with van der Waals surface area (Å²) in [4.78, 5) is 10.9. The van der Waals surface area contributed by atoms with Crippen molar-refractivity contribution < 1.29 is 19.4 Å². The molecule has 0 bridgehead atoms. The van der Waals surface area contributed by atoms with Gasteiger partial charge in [-0.15, -0.1) is 0 Å². The smallest absolute Gasteiger partial charge is 0.337 e. The topological polar surface area (TPSA) is 81.8 Å². The molecule has 0 unspecified atom stereocenters. The van der Waals surface area contributed by atoms with Crippen LogP contribution in [0.5, 0.6) is 5.75 Å². The van der Waals surface area contributed by atoms with Gasteiger partial charge in [-0.2, -0.15) is 0 Å². The molecular formula is C13H19NO4. The van der Waals surface area contributed by atoms with Crippen molar-refractivity contribution in [3.63, 3.8) is 0 Å².